The normalized spacial score (nSPS) is 11.3. The molecule has 0 spiro atoms. The summed E-state index contributed by atoms with van der Waals surface area (Å²) in [5, 5.41) is 4.15. The number of rotatable bonds is 5. The molecule has 0 amide bonds. The fraction of sp³-hybridized carbons (Fsp3) is 0.417. The summed E-state index contributed by atoms with van der Waals surface area (Å²) in [5.74, 6) is 0.943. The molecule has 2 N–H and O–H groups in total. The van der Waals surface area contributed by atoms with Crippen LogP contribution in [0.5, 0.6) is 0 Å². The third-order valence-corrected chi connectivity index (χ3v) is 2.68. The molecule has 0 saturated carbocycles. The zero-order valence-electron chi connectivity index (χ0n) is 10.3. The molecule has 0 aliphatic heterocycles. The zero-order chi connectivity index (χ0) is 12.3. The van der Waals surface area contributed by atoms with Gasteiger partial charge in [-0.2, -0.15) is 5.10 Å². The number of nitrogens with zero attached hydrogens (tertiary/aromatic N) is 3. The fourth-order valence-electron chi connectivity index (χ4n) is 1.85. The Morgan fingerprint density at radius 3 is 2.94 bits per heavy atom. The van der Waals surface area contributed by atoms with Crippen molar-refractivity contribution in [2.24, 2.45) is 12.8 Å². The van der Waals surface area contributed by atoms with Crippen molar-refractivity contribution in [3.63, 3.8) is 0 Å². The van der Waals surface area contributed by atoms with E-state index in [2.05, 4.69) is 17.0 Å². The highest BCUT2D eigenvalue weighted by molar-refractivity contribution is 5.16. The minimum Gasteiger partial charge on any atom is -0.468 e. The van der Waals surface area contributed by atoms with Crippen LogP contribution in [0, 0.1) is 0 Å². The second-order valence-corrected chi connectivity index (χ2v) is 4.27. The van der Waals surface area contributed by atoms with Crippen molar-refractivity contribution in [1.82, 2.24) is 14.7 Å². The molecule has 0 aromatic carbocycles. The Hall–Kier alpha value is -1.59. The van der Waals surface area contributed by atoms with E-state index in [1.54, 1.807) is 10.9 Å². The van der Waals surface area contributed by atoms with Gasteiger partial charge in [-0.05, 0) is 13.1 Å². The lowest BCUT2D eigenvalue weighted by Gasteiger charge is -2.14. The Morgan fingerprint density at radius 2 is 2.29 bits per heavy atom. The Balaban J connectivity index is 1.95. The van der Waals surface area contributed by atoms with Gasteiger partial charge in [0.1, 0.15) is 5.76 Å². The van der Waals surface area contributed by atoms with Crippen molar-refractivity contribution >= 4 is 0 Å². The van der Waals surface area contributed by atoms with E-state index in [0.29, 0.717) is 6.54 Å². The average Bonchev–Trinajstić information content (AvgIpc) is 2.87. The van der Waals surface area contributed by atoms with Crippen molar-refractivity contribution in [3.8, 4) is 0 Å². The van der Waals surface area contributed by atoms with Gasteiger partial charge < -0.3 is 10.2 Å². The maximum absolute atomic E-state index is 5.63. The standard InChI is InChI=1S/C12H18N4O/c1-15(7-10-6-14-16(2)8-10)9-12-11(5-13)3-4-17-12/h3-4,6,8H,5,7,9,13H2,1-2H3. The van der Waals surface area contributed by atoms with E-state index >= 15 is 0 Å². The summed E-state index contributed by atoms with van der Waals surface area (Å²) in [4.78, 5) is 2.18. The largest absolute Gasteiger partial charge is 0.468 e. The van der Waals surface area contributed by atoms with E-state index in [1.807, 2.05) is 25.5 Å². The second-order valence-electron chi connectivity index (χ2n) is 4.27. The van der Waals surface area contributed by atoms with E-state index < -0.39 is 0 Å². The zero-order valence-corrected chi connectivity index (χ0v) is 10.3. The third-order valence-electron chi connectivity index (χ3n) is 2.68. The summed E-state index contributed by atoms with van der Waals surface area (Å²) in [7, 11) is 3.97. The van der Waals surface area contributed by atoms with Crippen LogP contribution in [-0.2, 0) is 26.7 Å². The SMILES string of the molecule is CN(Cc1cnn(C)c1)Cc1occc1CN. The minimum absolute atomic E-state index is 0.520. The highest BCUT2D eigenvalue weighted by atomic mass is 16.3. The molecule has 92 valence electrons. The smallest absolute Gasteiger partial charge is 0.122 e. The summed E-state index contributed by atoms with van der Waals surface area (Å²) in [6.45, 7) is 2.12. The van der Waals surface area contributed by atoms with Crippen LogP contribution in [0.1, 0.15) is 16.9 Å². The summed E-state index contributed by atoms with van der Waals surface area (Å²) in [6, 6.07) is 1.92. The molecule has 5 heteroatoms. The van der Waals surface area contributed by atoms with Crippen LogP contribution in [0.4, 0.5) is 0 Å². The number of hydrogen-bond donors (Lipinski definition) is 1. The predicted octanol–water partition coefficient (Wildman–Crippen LogP) is 1.10. The maximum atomic E-state index is 5.63. The van der Waals surface area contributed by atoms with E-state index in [-0.39, 0.29) is 0 Å². The molecule has 0 fully saturated rings. The highest BCUT2D eigenvalue weighted by Crippen LogP contribution is 2.13. The van der Waals surface area contributed by atoms with Crippen LogP contribution in [0.3, 0.4) is 0 Å². The lowest BCUT2D eigenvalue weighted by molar-refractivity contribution is 0.286. The predicted molar refractivity (Wildman–Crippen MR) is 65.0 cm³/mol. The molecule has 0 bridgehead atoms. The minimum atomic E-state index is 0.520. The van der Waals surface area contributed by atoms with Crippen LogP contribution in [0.2, 0.25) is 0 Å². The van der Waals surface area contributed by atoms with Gasteiger partial charge >= 0.3 is 0 Å². The van der Waals surface area contributed by atoms with Gasteiger partial charge in [-0.3, -0.25) is 9.58 Å². The molecule has 0 aliphatic rings. The van der Waals surface area contributed by atoms with Crippen molar-refractivity contribution < 1.29 is 4.42 Å². The van der Waals surface area contributed by atoms with Crippen LogP contribution < -0.4 is 5.73 Å². The van der Waals surface area contributed by atoms with E-state index in [0.717, 1.165) is 24.4 Å². The molecule has 0 unspecified atom stereocenters. The van der Waals surface area contributed by atoms with Crippen molar-refractivity contribution in [2.75, 3.05) is 7.05 Å². The van der Waals surface area contributed by atoms with Crippen molar-refractivity contribution in [1.29, 1.82) is 0 Å². The molecule has 17 heavy (non-hydrogen) atoms. The highest BCUT2D eigenvalue weighted by Gasteiger charge is 2.09. The molecule has 2 heterocycles. The summed E-state index contributed by atoms with van der Waals surface area (Å²) in [5.41, 5.74) is 7.90. The molecular weight excluding hydrogens is 216 g/mol. The number of aromatic nitrogens is 2. The molecule has 0 atom stereocenters. The van der Waals surface area contributed by atoms with Gasteiger partial charge in [-0.25, -0.2) is 0 Å². The van der Waals surface area contributed by atoms with Gasteiger partial charge in [0, 0.05) is 37.5 Å². The monoisotopic (exact) mass is 234 g/mol. The van der Waals surface area contributed by atoms with Gasteiger partial charge in [0.15, 0.2) is 0 Å². The fourth-order valence-corrected chi connectivity index (χ4v) is 1.85. The second kappa shape index (κ2) is 5.16. The lowest BCUT2D eigenvalue weighted by atomic mass is 10.2. The third kappa shape index (κ3) is 2.95. The van der Waals surface area contributed by atoms with Gasteiger partial charge in [-0.1, -0.05) is 0 Å². The number of aryl methyl sites for hydroxylation is 1. The lowest BCUT2D eigenvalue weighted by Crippen LogP contribution is -2.17. The molecule has 0 radical (unpaired) electrons. The number of hydrogen-bond acceptors (Lipinski definition) is 4. The molecule has 5 nitrogen and oxygen atoms in total. The Kier molecular flexibility index (Phi) is 3.61. The molecule has 0 saturated heterocycles. The van der Waals surface area contributed by atoms with Crippen LogP contribution >= 0.6 is 0 Å². The number of nitrogens with two attached hydrogens (primary N) is 1. The van der Waals surface area contributed by atoms with Crippen LogP contribution in [0.15, 0.2) is 29.1 Å². The maximum Gasteiger partial charge on any atom is 0.122 e. The summed E-state index contributed by atoms with van der Waals surface area (Å²) < 4.78 is 7.23. The van der Waals surface area contributed by atoms with Crippen LogP contribution in [-0.4, -0.2) is 21.7 Å². The van der Waals surface area contributed by atoms with Crippen molar-refractivity contribution in [2.45, 2.75) is 19.6 Å². The number of furan rings is 1. The Bertz CT molecular complexity index is 474. The van der Waals surface area contributed by atoms with E-state index in [4.69, 9.17) is 10.2 Å². The van der Waals surface area contributed by atoms with Crippen molar-refractivity contribution in [3.05, 3.63) is 41.6 Å². The van der Waals surface area contributed by atoms with Crippen LogP contribution in [0.25, 0.3) is 0 Å². The first-order valence-electron chi connectivity index (χ1n) is 5.60. The van der Waals surface area contributed by atoms with E-state index in [9.17, 15) is 0 Å². The molecule has 2 aromatic heterocycles. The summed E-state index contributed by atoms with van der Waals surface area (Å²) in [6.07, 6.45) is 5.58. The molecule has 0 aliphatic carbocycles. The quantitative estimate of drug-likeness (QED) is 0.841. The molecule has 2 aromatic rings. The van der Waals surface area contributed by atoms with Gasteiger partial charge in [0.05, 0.1) is 19.0 Å². The summed E-state index contributed by atoms with van der Waals surface area (Å²) >= 11 is 0. The van der Waals surface area contributed by atoms with Gasteiger partial charge in [-0.15, -0.1) is 0 Å². The first kappa shape index (κ1) is 11.9. The Labute approximate surface area is 101 Å². The van der Waals surface area contributed by atoms with E-state index in [1.165, 1.54) is 5.56 Å². The van der Waals surface area contributed by atoms with Gasteiger partial charge in [0.2, 0.25) is 0 Å². The molecule has 2 rings (SSSR count). The Morgan fingerprint density at radius 1 is 1.47 bits per heavy atom. The topological polar surface area (TPSA) is 60.2 Å². The first-order chi connectivity index (χ1) is 8.19. The average molecular weight is 234 g/mol. The first-order valence-corrected chi connectivity index (χ1v) is 5.60. The molecular formula is C12H18N4O. The van der Waals surface area contributed by atoms with Gasteiger partial charge in [0.25, 0.3) is 0 Å².